The first-order valence-corrected chi connectivity index (χ1v) is 5.97. The Morgan fingerprint density at radius 3 is 2.12 bits per heavy atom. The summed E-state index contributed by atoms with van der Waals surface area (Å²) >= 11 is 0. The second-order valence-corrected chi connectivity index (χ2v) is 4.72. The Morgan fingerprint density at radius 2 is 1.62 bits per heavy atom. The van der Waals surface area contributed by atoms with E-state index in [0.717, 1.165) is 37.8 Å². The lowest BCUT2D eigenvalue weighted by molar-refractivity contribution is -0.107. The van der Waals surface area contributed by atoms with Crippen molar-refractivity contribution in [3.8, 4) is 0 Å². The molecule has 3 rings (SSSR count). The maximum atomic E-state index is 10.9. The number of nitrogens with zero attached hydrogens (tertiary/aromatic N) is 1. The maximum absolute atomic E-state index is 10.9. The minimum absolute atomic E-state index is 0.729. The fourth-order valence-corrected chi connectivity index (χ4v) is 3.15. The van der Waals surface area contributed by atoms with Crippen molar-refractivity contribution in [2.24, 2.45) is 5.84 Å². The lowest BCUT2D eigenvalue weighted by Crippen LogP contribution is -2.31. The summed E-state index contributed by atoms with van der Waals surface area (Å²) in [6.07, 6.45) is 7.53. The highest BCUT2D eigenvalue weighted by molar-refractivity contribution is 5.80. The minimum atomic E-state index is 0.729. The molecule has 3 heteroatoms. The summed E-state index contributed by atoms with van der Waals surface area (Å²) in [5, 5.41) is 1.29. The summed E-state index contributed by atoms with van der Waals surface area (Å²) < 4.78 is 0. The van der Waals surface area contributed by atoms with Crippen LogP contribution in [0.5, 0.6) is 0 Å². The van der Waals surface area contributed by atoms with Crippen LogP contribution in [0.1, 0.15) is 35.1 Å². The third kappa shape index (κ3) is 1.28. The normalized spacial score (nSPS) is 17.1. The molecule has 0 unspecified atom stereocenters. The molecule has 2 N–H and O–H groups in total. The molecule has 2 aliphatic carbocycles. The van der Waals surface area contributed by atoms with Crippen LogP contribution in [-0.4, -0.2) is 6.41 Å². The fraction of sp³-hybridized carbons (Fsp3) is 0.462. The van der Waals surface area contributed by atoms with Gasteiger partial charge in [0.15, 0.2) is 0 Å². The van der Waals surface area contributed by atoms with E-state index < -0.39 is 0 Å². The van der Waals surface area contributed by atoms with E-state index in [9.17, 15) is 4.79 Å². The number of fused-ring (bicyclic) bond motifs is 2. The summed E-state index contributed by atoms with van der Waals surface area (Å²) in [5.74, 6) is 5.81. The SMILES string of the molecule is NN(C=O)c1c2c(cc3c1CCC3)CCC2. The van der Waals surface area contributed by atoms with Gasteiger partial charge < -0.3 is 0 Å². The Labute approximate surface area is 95.2 Å². The molecule has 1 amide bonds. The van der Waals surface area contributed by atoms with Gasteiger partial charge in [0.25, 0.3) is 0 Å². The summed E-state index contributed by atoms with van der Waals surface area (Å²) in [4.78, 5) is 10.9. The predicted molar refractivity (Wildman–Crippen MR) is 63.2 cm³/mol. The lowest BCUT2D eigenvalue weighted by Gasteiger charge is -2.19. The van der Waals surface area contributed by atoms with Crippen LogP contribution in [0.4, 0.5) is 5.69 Å². The number of hydrogen-bond donors (Lipinski definition) is 1. The van der Waals surface area contributed by atoms with E-state index in [2.05, 4.69) is 6.07 Å². The highest BCUT2D eigenvalue weighted by atomic mass is 16.1. The van der Waals surface area contributed by atoms with Gasteiger partial charge in [-0.1, -0.05) is 6.07 Å². The largest absolute Gasteiger partial charge is 0.277 e. The summed E-state index contributed by atoms with van der Waals surface area (Å²) in [6.45, 7) is 0. The number of nitrogens with two attached hydrogens (primary N) is 1. The molecule has 0 bridgehead atoms. The molecule has 16 heavy (non-hydrogen) atoms. The van der Waals surface area contributed by atoms with E-state index in [1.807, 2.05) is 0 Å². The number of carbonyl (C=O) groups is 1. The molecule has 1 aromatic carbocycles. The average molecular weight is 216 g/mol. The topological polar surface area (TPSA) is 46.3 Å². The van der Waals surface area contributed by atoms with Gasteiger partial charge in [0.1, 0.15) is 0 Å². The van der Waals surface area contributed by atoms with Crippen LogP contribution in [0.3, 0.4) is 0 Å². The van der Waals surface area contributed by atoms with Gasteiger partial charge in [-0.25, -0.2) is 5.84 Å². The third-order valence-corrected chi connectivity index (χ3v) is 3.81. The Kier molecular flexibility index (Phi) is 2.21. The number of hydrazine groups is 1. The second kappa shape index (κ2) is 3.59. The molecule has 0 heterocycles. The predicted octanol–water partition coefficient (Wildman–Crippen LogP) is 1.50. The summed E-state index contributed by atoms with van der Waals surface area (Å²) in [7, 11) is 0. The van der Waals surface area contributed by atoms with E-state index in [4.69, 9.17) is 5.84 Å². The van der Waals surface area contributed by atoms with E-state index in [-0.39, 0.29) is 0 Å². The van der Waals surface area contributed by atoms with Crippen LogP contribution in [0, 0.1) is 0 Å². The van der Waals surface area contributed by atoms with Crippen molar-refractivity contribution < 1.29 is 4.79 Å². The van der Waals surface area contributed by atoms with Gasteiger partial charge in [-0.15, -0.1) is 0 Å². The van der Waals surface area contributed by atoms with Gasteiger partial charge in [-0.2, -0.15) is 0 Å². The standard InChI is InChI=1S/C13H16N2O/c14-15(8-16)13-11-5-1-3-9(11)7-10-4-2-6-12(10)13/h7-8H,1-6,14H2. The van der Waals surface area contributed by atoms with Crippen LogP contribution in [0.15, 0.2) is 6.07 Å². The van der Waals surface area contributed by atoms with Crippen molar-refractivity contribution in [2.45, 2.75) is 38.5 Å². The second-order valence-electron chi connectivity index (χ2n) is 4.72. The molecule has 0 saturated heterocycles. The Hall–Kier alpha value is -1.35. The fourth-order valence-electron chi connectivity index (χ4n) is 3.15. The van der Waals surface area contributed by atoms with Crippen molar-refractivity contribution in [2.75, 3.05) is 5.01 Å². The molecule has 0 radical (unpaired) electrons. The number of anilines is 1. The number of amides is 1. The Balaban J connectivity index is 2.23. The number of carbonyl (C=O) groups excluding carboxylic acids is 1. The highest BCUT2D eigenvalue weighted by Crippen LogP contribution is 2.39. The molecule has 1 aromatic rings. The molecule has 0 aliphatic heterocycles. The maximum Gasteiger partial charge on any atom is 0.228 e. The zero-order valence-corrected chi connectivity index (χ0v) is 9.33. The third-order valence-electron chi connectivity index (χ3n) is 3.81. The molecule has 84 valence electrons. The molecule has 0 fully saturated rings. The quantitative estimate of drug-likeness (QED) is 0.352. The molecular formula is C13H16N2O. The van der Waals surface area contributed by atoms with Gasteiger partial charge in [-0.05, 0) is 60.8 Å². The lowest BCUT2D eigenvalue weighted by atomic mass is 9.98. The smallest absolute Gasteiger partial charge is 0.228 e. The van der Waals surface area contributed by atoms with Crippen LogP contribution in [0.2, 0.25) is 0 Å². The molecule has 0 spiro atoms. The van der Waals surface area contributed by atoms with Crippen molar-refractivity contribution in [3.63, 3.8) is 0 Å². The molecule has 0 aromatic heterocycles. The van der Waals surface area contributed by atoms with Crippen molar-refractivity contribution in [3.05, 3.63) is 28.3 Å². The van der Waals surface area contributed by atoms with Crippen molar-refractivity contribution in [1.82, 2.24) is 0 Å². The summed E-state index contributed by atoms with van der Waals surface area (Å²) in [5.41, 5.74) is 6.46. The number of benzene rings is 1. The molecule has 0 atom stereocenters. The van der Waals surface area contributed by atoms with Crippen LogP contribution < -0.4 is 10.9 Å². The van der Waals surface area contributed by atoms with Gasteiger partial charge >= 0.3 is 0 Å². The first-order valence-electron chi connectivity index (χ1n) is 5.97. The van der Waals surface area contributed by atoms with Crippen LogP contribution in [0.25, 0.3) is 0 Å². The molecule has 3 nitrogen and oxygen atoms in total. The zero-order valence-electron chi connectivity index (χ0n) is 9.33. The number of aryl methyl sites for hydroxylation is 2. The van der Waals surface area contributed by atoms with Gasteiger partial charge in [-0.3, -0.25) is 9.80 Å². The van der Waals surface area contributed by atoms with Crippen molar-refractivity contribution in [1.29, 1.82) is 0 Å². The monoisotopic (exact) mass is 216 g/mol. The van der Waals surface area contributed by atoms with Gasteiger partial charge in [0.2, 0.25) is 6.41 Å². The Bertz CT molecular complexity index is 421. The van der Waals surface area contributed by atoms with Gasteiger partial charge in [0.05, 0.1) is 5.69 Å². The van der Waals surface area contributed by atoms with Crippen molar-refractivity contribution >= 4 is 12.1 Å². The summed E-state index contributed by atoms with van der Waals surface area (Å²) in [6, 6.07) is 2.34. The number of rotatable bonds is 2. The number of hydrogen-bond acceptors (Lipinski definition) is 2. The molecular weight excluding hydrogens is 200 g/mol. The minimum Gasteiger partial charge on any atom is -0.277 e. The van der Waals surface area contributed by atoms with E-state index in [1.165, 1.54) is 40.1 Å². The highest BCUT2D eigenvalue weighted by Gasteiger charge is 2.25. The van der Waals surface area contributed by atoms with E-state index >= 15 is 0 Å². The Morgan fingerprint density at radius 1 is 1.06 bits per heavy atom. The van der Waals surface area contributed by atoms with E-state index in [1.54, 1.807) is 0 Å². The first-order chi connectivity index (χ1) is 7.81. The van der Waals surface area contributed by atoms with Gasteiger partial charge in [0, 0.05) is 0 Å². The molecule has 0 saturated carbocycles. The molecule has 2 aliphatic rings. The average Bonchev–Trinajstić information content (AvgIpc) is 2.91. The van der Waals surface area contributed by atoms with Crippen LogP contribution in [-0.2, 0) is 30.5 Å². The van der Waals surface area contributed by atoms with Crippen LogP contribution >= 0.6 is 0 Å². The first kappa shape index (κ1) is 9.85. The zero-order chi connectivity index (χ0) is 11.1. The van der Waals surface area contributed by atoms with E-state index in [0.29, 0.717) is 0 Å².